The molecule has 0 unspecified atom stereocenters. The summed E-state index contributed by atoms with van der Waals surface area (Å²) in [6.45, 7) is 7.30. The van der Waals surface area contributed by atoms with Gasteiger partial charge in [-0.25, -0.2) is 0 Å². The Morgan fingerprint density at radius 1 is 1.26 bits per heavy atom. The van der Waals surface area contributed by atoms with E-state index in [-0.39, 0.29) is 6.61 Å². The van der Waals surface area contributed by atoms with Crippen LogP contribution in [0, 0.1) is 0 Å². The van der Waals surface area contributed by atoms with Crippen LogP contribution < -0.4 is 10.6 Å². The molecule has 19 heavy (non-hydrogen) atoms. The van der Waals surface area contributed by atoms with Gasteiger partial charge in [0, 0.05) is 26.2 Å². The van der Waals surface area contributed by atoms with Gasteiger partial charge in [0.15, 0.2) is 0 Å². The van der Waals surface area contributed by atoms with Crippen LogP contribution in [-0.4, -0.2) is 73.4 Å². The van der Waals surface area contributed by atoms with Crippen molar-refractivity contribution in [3.05, 3.63) is 0 Å². The SMILES string of the molecule is CC(C)(CO)NC(=O)C(=O)NCCN1CCOCC1. The van der Waals surface area contributed by atoms with Crippen LogP contribution in [-0.2, 0) is 14.3 Å². The van der Waals surface area contributed by atoms with Gasteiger partial charge < -0.3 is 20.5 Å². The molecule has 1 aliphatic rings. The van der Waals surface area contributed by atoms with Gasteiger partial charge in [-0.05, 0) is 13.8 Å². The minimum absolute atomic E-state index is 0.222. The Labute approximate surface area is 113 Å². The van der Waals surface area contributed by atoms with Crippen molar-refractivity contribution >= 4 is 11.8 Å². The lowest BCUT2D eigenvalue weighted by Crippen LogP contribution is -2.52. The molecular weight excluding hydrogens is 250 g/mol. The molecule has 0 saturated carbocycles. The molecular formula is C12H23N3O4. The molecule has 0 bridgehead atoms. The minimum Gasteiger partial charge on any atom is -0.394 e. The fourth-order valence-electron chi connectivity index (χ4n) is 1.64. The van der Waals surface area contributed by atoms with Crippen LogP contribution in [0.3, 0.4) is 0 Å². The summed E-state index contributed by atoms with van der Waals surface area (Å²) in [5.41, 5.74) is -0.793. The third-order valence-electron chi connectivity index (χ3n) is 2.87. The molecule has 7 nitrogen and oxygen atoms in total. The zero-order valence-electron chi connectivity index (χ0n) is 11.6. The molecule has 1 aliphatic heterocycles. The Hall–Kier alpha value is -1.18. The number of morpholine rings is 1. The van der Waals surface area contributed by atoms with Crippen molar-refractivity contribution in [1.82, 2.24) is 15.5 Å². The van der Waals surface area contributed by atoms with Gasteiger partial charge in [0.25, 0.3) is 0 Å². The summed E-state index contributed by atoms with van der Waals surface area (Å²) in [4.78, 5) is 25.2. The van der Waals surface area contributed by atoms with E-state index in [4.69, 9.17) is 9.84 Å². The summed E-state index contributed by atoms with van der Waals surface area (Å²) in [6.07, 6.45) is 0. The lowest BCUT2D eigenvalue weighted by molar-refractivity contribution is -0.140. The van der Waals surface area contributed by atoms with Crippen LogP contribution in [0.1, 0.15) is 13.8 Å². The fourth-order valence-corrected chi connectivity index (χ4v) is 1.64. The molecule has 0 aromatic rings. The second kappa shape index (κ2) is 7.42. The zero-order chi connectivity index (χ0) is 14.3. The highest BCUT2D eigenvalue weighted by Crippen LogP contribution is 1.99. The van der Waals surface area contributed by atoms with Crippen molar-refractivity contribution in [2.45, 2.75) is 19.4 Å². The first-order valence-corrected chi connectivity index (χ1v) is 6.46. The van der Waals surface area contributed by atoms with Crippen LogP contribution in [0.15, 0.2) is 0 Å². The highest BCUT2D eigenvalue weighted by atomic mass is 16.5. The molecule has 3 N–H and O–H groups in total. The number of nitrogens with zero attached hydrogens (tertiary/aromatic N) is 1. The van der Waals surface area contributed by atoms with Gasteiger partial charge in [-0.2, -0.15) is 0 Å². The number of aliphatic hydroxyl groups is 1. The Kier molecular flexibility index (Phi) is 6.20. The molecule has 0 spiro atoms. The predicted molar refractivity (Wildman–Crippen MR) is 69.6 cm³/mol. The normalized spacial score (nSPS) is 17.0. The molecule has 0 aromatic carbocycles. The van der Waals surface area contributed by atoms with Crippen molar-refractivity contribution < 1.29 is 19.4 Å². The smallest absolute Gasteiger partial charge is 0.309 e. The highest BCUT2D eigenvalue weighted by Gasteiger charge is 2.23. The third-order valence-corrected chi connectivity index (χ3v) is 2.87. The number of hydrogen-bond donors (Lipinski definition) is 3. The predicted octanol–water partition coefficient (Wildman–Crippen LogP) is -1.68. The van der Waals surface area contributed by atoms with E-state index in [2.05, 4.69) is 15.5 Å². The summed E-state index contributed by atoms with van der Waals surface area (Å²) in [5, 5.41) is 14.0. The van der Waals surface area contributed by atoms with Gasteiger partial charge in [0.2, 0.25) is 0 Å². The number of aliphatic hydroxyl groups excluding tert-OH is 1. The van der Waals surface area contributed by atoms with E-state index in [1.54, 1.807) is 13.8 Å². The summed E-state index contributed by atoms with van der Waals surface area (Å²) < 4.78 is 5.22. The molecule has 1 rings (SSSR count). The number of rotatable bonds is 5. The summed E-state index contributed by atoms with van der Waals surface area (Å²) >= 11 is 0. The Morgan fingerprint density at radius 3 is 2.47 bits per heavy atom. The van der Waals surface area contributed by atoms with Crippen molar-refractivity contribution in [3.8, 4) is 0 Å². The standard InChI is InChI=1S/C12H23N3O4/c1-12(2,9-16)14-11(18)10(17)13-3-4-15-5-7-19-8-6-15/h16H,3-9H2,1-2H3,(H,13,17)(H,14,18). The molecule has 1 heterocycles. The highest BCUT2D eigenvalue weighted by molar-refractivity contribution is 6.35. The first kappa shape index (κ1) is 15.9. The molecule has 110 valence electrons. The number of ether oxygens (including phenoxy) is 1. The number of amides is 2. The van der Waals surface area contributed by atoms with E-state index in [1.165, 1.54) is 0 Å². The molecule has 1 fully saturated rings. The van der Waals surface area contributed by atoms with Crippen molar-refractivity contribution in [2.75, 3.05) is 46.0 Å². The topological polar surface area (TPSA) is 90.9 Å². The Morgan fingerprint density at radius 2 is 1.89 bits per heavy atom. The monoisotopic (exact) mass is 273 g/mol. The lowest BCUT2D eigenvalue weighted by atomic mass is 10.1. The molecule has 1 saturated heterocycles. The number of hydrogen-bond acceptors (Lipinski definition) is 5. The van der Waals surface area contributed by atoms with Crippen LogP contribution in [0.4, 0.5) is 0 Å². The van der Waals surface area contributed by atoms with E-state index in [0.29, 0.717) is 26.3 Å². The van der Waals surface area contributed by atoms with Crippen molar-refractivity contribution in [2.24, 2.45) is 0 Å². The average Bonchev–Trinajstić information content (AvgIpc) is 2.39. The minimum atomic E-state index is -0.793. The van der Waals surface area contributed by atoms with E-state index in [9.17, 15) is 9.59 Å². The van der Waals surface area contributed by atoms with Crippen molar-refractivity contribution in [1.29, 1.82) is 0 Å². The fraction of sp³-hybridized carbons (Fsp3) is 0.833. The van der Waals surface area contributed by atoms with E-state index in [1.807, 2.05) is 0 Å². The zero-order valence-corrected chi connectivity index (χ0v) is 11.6. The van der Waals surface area contributed by atoms with Crippen LogP contribution in [0.2, 0.25) is 0 Å². The summed E-state index contributed by atoms with van der Waals surface area (Å²) in [7, 11) is 0. The maximum absolute atomic E-state index is 11.5. The first-order valence-electron chi connectivity index (χ1n) is 6.46. The molecule has 0 aliphatic carbocycles. The second-order valence-corrected chi connectivity index (χ2v) is 5.21. The largest absolute Gasteiger partial charge is 0.394 e. The van der Waals surface area contributed by atoms with Gasteiger partial charge in [-0.3, -0.25) is 14.5 Å². The quantitative estimate of drug-likeness (QED) is 0.521. The van der Waals surface area contributed by atoms with E-state index < -0.39 is 17.4 Å². The Balaban J connectivity index is 2.21. The molecule has 0 radical (unpaired) electrons. The van der Waals surface area contributed by atoms with Gasteiger partial charge in [-0.1, -0.05) is 0 Å². The van der Waals surface area contributed by atoms with Crippen LogP contribution in [0.5, 0.6) is 0 Å². The molecule has 2 amide bonds. The molecule has 0 aromatic heterocycles. The summed E-state index contributed by atoms with van der Waals surface area (Å²) in [5.74, 6) is -1.39. The average molecular weight is 273 g/mol. The van der Waals surface area contributed by atoms with Crippen molar-refractivity contribution in [3.63, 3.8) is 0 Å². The van der Waals surface area contributed by atoms with Crippen LogP contribution in [0.25, 0.3) is 0 Å². The van der Waals surface area contributed by atoms with E-state index >= 15 is 0 Å². The van der Waals surface area contributed by atoms with Crippen LogP contribution >= 0.6 is 0 Å². The first-order chi connectivity index (χ1) is 8.94. The number of carbonyl (C=O) groups excluding carboxylic acids is 2. The maximum atomic E-state index is 11.5. The molecule has 0 atom stereocenters. The summed E-state index contributed by atoms with van der Waals surface area (Å²) in [6, 6.07) is 0. The molecule has 7 heteroatoms. The van der Waals surface area contributed by atoms with Gasteiger partial charge in [0.1, 0.15) is 0 Å². The van der Waals surface area contributed by atoms with Gasteiger partial charge in [-0.15, -0.1) is 0 Å². The van der Waals surface area contributed by atoms with Gasteiger partial charge in [0.05, 0.1) is 25.4 Å². The lowest BCUT2D eigenvalue weighted by Gasteiger charge is -2.26. The third kappa shape index (κ3) is 6.00. The Bertz CT molecular complexity index is 314. The van der Waals surface area contributed by atoms with Gasteiger partial charge >= 0.3 is 11.8 Å². The number of carbonyl (C=O) groups is 2. The van der Waals surface area contributed by atoms with E-state index in [0.717, 1.165) is 13.1 Å². The maximum Gasteiger partial charge on any atom is 0.309 e. The number of nitrogens with one attached hydrogen (secondary N) is 2. The second-order valence-electron chi connectivity index (χ2n) is 5.21.